The highest BCUT2D eigenvalue weighted by atomic mass is 32.2. The number of sulfone groups is 1. The Bertz CT molecular complexity index is 466. The fourth-order valence-corrected chi connectivity index (χ4v) is 3.56. The van der Waals surface area contributed by atoms with Crippen molar-refractivity contribution in [2.75, 3.05) is 12.3 Å². The number of hydrogen-bond acceptors (Lipinski definition) is 3. The van der Waals surface area contributed by atoms with Gasteiger partial charge in [0, 0.05) is 0 Å². The zero-order valence-electron chi connectivity index (χ0n) is 10.0. The topological polar surface area (TPSA) is 60.2 Å². The van der Waals surface area contributed by atoms with Crippen LogP contribution in [0.25, 0.3) is 0 Å². The first-order valence-corrected chi connectivity index (χ1v) is 7.02. The molecule has 1 rings (SSSR count). The van der Waals surface area contributed by atoms with Gasteiger partial charge in [0.25, 0.3) is 0 Å². The molecule has 2 N–H and O–H groups in total. The van der Waals surface area contributed by atoms with Gasteiger partial charge < -0.3 is 5.73 Å². The molecule has 90 valence electrons. The lowest BCUT2D eigenvalue weighted by atomic mass is 10.2. The molecule has 16 heavy (non-hydrogen) atoms. The van der Waals surface area contributed by atoms with E-state index >= 15 is 0 Å². The summed E-state index contributed by atoms with van der Waals surface area (Å²) in [5.74, 6) is 0.110. The summed E-state index contributed by atoms with van der Waals surface area (Å²) in [6, 6.07) is 5.49. The van der Waals surface area contributed by atoms with E-state index in [0.29, 0.717) is 11.4 Å². The Labute approximate surface area is 97.6 Å². The van der Waals surface area contributed by atoms with Crippen molar-refractivity contribution in [3.63, 3.8) is 0 Å². The summed E-state index contributed by atoms with van der Waals surface area (Å²) in [6.07, 6.45) is 0. The minimum atomic E-state index is -3.20. The van der Waals surface area contributed by atoms with Crippen LogP contribution >= 0.6 is 0 Å². The summed E-state index contributed by atoms with van der Waals surface area (Å²) >= 11 is 0. The van der Waals surface area contributed by atoms with Gasteiger partial charge in [-0.2, -0.15) is 0 Å². The van der Waals surface area contributed by atoms with Crippen molar-refractivity contribution >= 4 is 9.84 Å². The second-order valence-corrected chi connectivity index (χ2v) is 6.39. The molecule has 1 atom stereocenters. The molecular formula is C12H19NO2S. The lowest BCUT2D eigenvalue weighted by molar-refractivity contribution is 0.573. The van der Waals surface area contributed by atoms with Crippen LogP contribution in [0.1, 0.15) is 18.1 Å². The molecule has 0 aromatic heterocycles. The third-order valence-corrected chi connectivity index (χ3v) is 4.70. The van der Waals surface area contributed by atoms with E-state index in [9.17, 15) is 8.42 Å². The van der Waals surface area contributed by atoms with E-state index < -0.39 is 9.84 Å². The molecule has 0 aliphatic rings. The Hall–Kier alpha value is -0.870. The first-order chi connectivity index (χ1) is 7.36. The Morgan fingerprint density at radius 3 is 2.50 bits per heavy atom. The standard InChI is InChI=1S/C12H19NO2S/c1-9-4-5-11(3)12(6-9)16(14,15)8-10(2)7-13/h4-6,10H,7-8,13H2,1-3H3. The Balaban J connectivity index is 3.12. The third kappa shape index (κ3) is 3.06. The predicted octanol–water partition coefficient (Wildman–Crippen LogP) is 1.67. The van der Waals surface area contributed by atoms with Gasteiger partial charge in [-0.1, -0.05) is 19.1 Å². The van der Waals surface area contributed by atoms with Gasteiger partial charge in [-0.15, -0.1) is 0 Å². The second-order valence-electron chi connectivity index (χ2n) is 4.39. The van der Waals surface area contributed by atoms with Crippen LogP contribution in [0.15, 0.2) is 23.1 Å². The monoisotopic (exact) mass is 241 g/mol. The molecule has 0 bridgehead atoms. The molecule has 0 radical (unpaired) electrons. The van der Waals surface area contributed by atoms with Crippen molar-refractivity contribution in [3.05, 3.63) is 29.3 Å². The van der Waals surface area contributed by atoms with Crippen molar-refractivity contribution in [2.24, 2.45) is 11.7 Å². The van der Waals surface area contributed by atoms with Gasteiger partial charge in [0.05, 0.1) is 10.6 Å². The van der Waals surface area contributed by atoms with Crippen molar-refractivity contribution in [3.8, 4) is 0 Å². The van der Waals surface area contributed by atoms with Crippen LogP contribution in [-0.2, 0) is 9.84 Å². The van der Waals surface area contributed by atoms with Crippen molar-refractivity contribution in [1.82, 2.24) is 0 Å². The average molecular weight is 241 g/mol. The van der Waals surface area contributed by atoms with Gasteiger partial charge in [0.2, 0.25) is 0 Å². The van der Waals surface area contributed by atoms with Crippen LogP contribution in [0.3, 0.4) is 0 Å². The normalized spacial score (nSPS) is 13.8. The molecule has 0 spiro atoms. The lowest BCUT2D eigenvalue weighted by Crippen LogP contribution is -2.21. The maximum Gasteiger partial charge on any atom is 0.178 e. The molecule has 0 amide bonds. The highest BCUT2D eigenvalue weighted by Gasteiger charge is 2.19. The quantitative estimate of drug-likeness (QED) is 0.872. The van der Waals surface area contributed by atoms with Gasteiger partial charge in [0.15, 0.2) is 9.84 Å². The highest BCUT2D eigenvalue weighted by Crippen LogP contribution is 2.19. The smallest absolute Gasteiger partial charge is 0.178 e. The summed E-state index contributed by atoms with van der Waals surface area (Å²) < 4.78 is 24.2. The van der Waals surface area contributed by atoms with Gasteiger partial charge in [-0.3, -0.25) is 0 Å². The van der Waals surface area contributed by atoms with Gasteiger partial charge in [-0.05, 0) is 43.5 Å². The summed E-state index contributed by atoms with van der Waals surface area (Å²) in [5.41, 5.74) is 7.22. The maximum atomic E-state index is 12.1. The number of rotatable bonds is 4. The van der Waals surface area contributed by atoms with Crippen LogP contribution in [0.4, 0.5) is 0 Å². The zero-order valence-corrected chi connectivity index (χ0v) is 10.8. The predicted molar refractivity (Wildman–Crippen MR) is 66.2 cm³/mol. The number of benzene rings is 1. The summed E-state index contributed by atoms with van der Waals surface area (Å²) in [7, 11) is -3.20. The molecule has 0 saturated heterocycles. The second kappa shape index (κ2) is 4.97. The Morgan fingerprint density at radius 1 is 1.31 bits per heavy atom. The van der Waals surface area contributed by atoms with Crippen LogP contribution in [0, 0.1) is 19.8 Å². The molecule has 0 fully saturated rings. The van der Waals surface area contributed by atoms with Gasteiger partial charge in [0.1, 0.15) is 0 Å². The zero-order chi connectivity index (χ0) is 12.3. The van der Waals surface area contributed by atoms with Crippen LogP contribution in [0.2, 0.25) is 0 Å². The first kappa shape index (κ1) is 13.2. The van der Waals surface area contributed by atoms with Crippen LogP contribution in [-0.4, -0.2) is 20.7 Å². The maximum absolute atomic E-state index is 12.1. The number of aryl methyl sites for hydroxylation is 2. The average Bonchev–Trinajstić information content (AvgIpc) is 2.20. The third-order valence-electron chi connectivity index (χ3n) is 2.59. The van der Waals surface area contributed by atoms with Crippen molar-refractivity contribution in [1.29, 1.82) is 0 Å². The Morgan fingerprint density at radius 2 is 1.94 bits per heavy atom. The molecule has 0 saturated carbocycles. The SMILES string of the molecule is Cc1ccc(C)c(S(=O)(=O)CC(C)CN)c1. The van der Waals surface area contributed by atoms with E-state index in [1.54, 1.807) is 6.07 Å². The molecule has 1 unspecified atom stereocenters. The largest absolute Gasteiger partial charge is 0.330 e. The molecule has 1 aromatic rings. The number of nitrogens with two attached hydrogens (primary N) is 1. The molecule has 3 nitrogen and oxygen atoms in total. The number of hydrogen-bond donors (Lipinski definition) is 1. The lowest BCUT2D eigenvalue weighted by Gasteiger charge is -2.12. The van der Waals surface area contributed by atoms with Crippen LogP contribution in [0.5, 0.6) is 0 Å². The molecule has 4 heteroatoms. The summed E-state index contributed by atoms with van der Waals surface area (Å²) in [5, 5.41) is 0. The molecule has 0 aliphatic heterocycles. The Kier molecular flexibility index (Phi) is 4.10. The van der Waals surface area contributed by atoms with Crippen molar-refractivity contribution in [2.45, 2.75) is 25.7 Å². The molecular weight excluding hydrogens is 222 g/mol. The molecule has 1 aromatic carbocycles. The van der Waals surface area contributed by atoms with E-state index in [1.807, 2.05) is 32.9 Å². The fourth-order valence-electron chi connectivity index (χ4n) is 1.57. The van der Waals surface area contributed by atoms with Crippen molar-refractivity contribution < 1.29 is 8.42 Å². The van der Waals surface area contributed by atoms with E-state index in [0.717, 1.165) is 11.1 Å². The van der Waals surface area contributed by atoms with Crippen LogP contribution < -0.4 is 5.73 Å². The minimum Gasteiger partial charge on any atom is -0.330 e. The van der Waals surface area contributed by atoms with Gasteiger partial charge in [-0.25, -0.2) is 8.42 Å². The summed E-state index contributed by atoms with van der Waals surface area (Å²) in [4.78, 5) is 0.438. The first-order valence-electron chi connectivity index (χ1n) is 5.37. The van der Waals surface area contributed by atoms with E-state index in [1.165, 1.54) is 0 Å². The van der Waals surface area contributed by atoms with Gasteiger partial charge >= 0.3 is 0 Å². The van der Waals surface area contributed by atoms with E-state index in [2.05, 4.69) is 0 Å². The highest BCUT2D eigenvalue weighted by molar-refractivity contribution is 7.91. The van der Waals surface area contributed by atoms with E-state index in [-0.39, 0.29) is 11.7 Å². The minimum absolute atomic E-state index is 0.00934. The van der Waals surface area contributed by atoms with E-state index in [4.69, 9.17) is 5.73 Å². The molecule has 0 heterocycles. The summed E-state index contributed by atoms with van der Waals surface area (Å²) in [6.45, 7) is 5.96. The molecule has 0 aliphatic carbocycles. The fraction of sp³-hybridized carbons (Fsp3) is 0.500.